The lowest BCUT2D eigenvalue weighted by molar-refractivity contribution is 0.416. The molecule has 5 heteroatoms. The topological polar surface area (TPSA) is 39.1 Å². The zero-order valence-electron chi connectivity index (χ0n) is 10.1. The van der Waals surface area contributed by atoms with E-state index in [1.54, 1.807) is 7.11 Å². The fraction of sp³-hybridized carbons (Fsp3) is 0.308. The molecule has 0 saturated heterocycles. The number of nitrogens with one attached hydrogen (secondary N) is 1. The number of methoxy groups -OCH3 is 1. The molecular formula is C13H14BrN3O. The van der Waals surface area contributed by atoms with Crippen molar-refractivity contribution in [3.8, 4) is 5.75 Å². The molecule has 1 aliphatic carbocycles. The van der Waals surface area contributed by atoms with Crippen molar-refractivity contribution < 1.29 is 4.74 Å². The van der Waals surface area contributed by atoms with Gasteiger partial charge >= 0.3 is 0 Å². The second kappa shape index (κ2) is 4.65. The van der Waals surface area contributed by atoms with E-state index in [9.17, 15) is 0 Å². The van der Waals surface area contributed by atoms with Crippen LogP contribution >= 0.6 is 15.9 Å². The Morgan fingerprint density at radius 3 is 3.00 bits per heavy atom. The highest BCUT2D eigenvalue weighted by Gasteiger charge is 2.25. The van der Waals surface area contributed by atoms with Crippen molar-refractivity contribution in [1.82, 2.24) is 9.55 Å². The van der Waals surface area contributed by atoms with Crippen LogP contribution < -0.4 is 10.1 Å². The third kappa shape index (κ3) is 2.22. The first-order chi connectivity index (χ1) is 8.78. The maximum absolute atomic E-state index is 5.34. The molecule has 94 valence electrons. The molecule has 1 aliphatic rings. The minimum Gasteiger partial charge on any atom is -0.495 e. The normalized spacial score (nSPS) is 14.6. The molecule has 1 N–H and O–H groups in total. The number of imidazole rings is 1. The van der Waals surface area contributed by atoms with E-state index in [1.165, 1.54) is 12.8 Å². The third-order valence-corrected chi connectivity index (χ3v) is 3.51. The minimum atomic E-state index is 0.605. The summed E-state index contributed by atoms with van der Waals surface area (Å²) in [6.45, 7) is 0. The Balaban J connectivity index is 1.91. The smallest absolute Gasteiger partial charge is 0.207 e. The van der Waals surface area contributed by atoms with Gasteiger partial charge in [-0.2, -0.15) is 0 Å². The molecule has 1 aromatic carbocycles. The number of hydrogen-bond donors (Lipinski definition) is 1. The van der Waals surface area contributed by atoms with Crippen LogP contribution in [0.3, 0.4) is 0 Å². The maximum Gasteiger partial charge on any atom is 0.207 e. The number of benzene rings is 1. The van der Waals surface area contributed by atoms with Crippen molar-refractivity contribution in [1.29, 1.82) is 0 Å². The average Bonchev–Trinajstić information content (AvgIpc) is 3.11. The van der Waals surface area contributed by atoms with Crippen LogP contribution in [0.4, 0.5) is 11.6 Å². The van der Waals surface area contributed by atoms with Crippen LogP contribution in [-0.2, 0) is 0 Å². The van der Waals surface area contributed by atoms with Crippen molar-refractivity contribution in [2.24, 2.45) is 0 Å². The van der Waals surface area contributed by atoms with Gasteiger partial charge in [-0.3, -0.25) is 0 Å². The highest BCUT2D eigenvalue weighted by atomic mass is 79.9. The van der Waals surface area contributed by atoms with Crippen molar-refractivity contribution in [2.45, 2.75) is 18.9 Å². The van der Waals surface area contributed by atoms with Gasteiger partial charge in [0.1, 0.15) is 5.75 Å². The number of anilines is 2. The van der Waals surface area contributed by atoms with Gasteiger partial charge in [0.15, 0.2) is 0 Å². The van der Waals surface area contributed by atoms with Gasteiger partial charge in [0.25, 0.3) is 0 Å². The van der Waals surface area contributed by atoms with Gasteiger partial charge in [0.2, 0.25) is 5.95 Å². The Bertz CT molecular complexity index is 563. The summed E-state index contributed by atoms with van der Waals surface area (Å²) in [5.74, 6) is 1.68. The number of hydrogen-bond acceptors (Lipinski definition) is 3. The molecular weight excluding hydrogens is 294 g/mol. The van der Waals surface area contributed by atoms with Gasteiger partial charge < -0.3 is 14.6 Å². The number of aromatic nitrogens is 2. The van der Waals surface area contributed by atoms with Crippen LogP contribution in [0, 0.1) is 0 Å². The fourth-order valence-electron chi connectivity index (χ4n) is 1.96. The molecule has 0 amide bonds. The van der Waals surface area contributed by atoms with E-state index < -0.39 is 0 Å². The number of ether oxygens (including phenoxy) is 1. The lowest BCUT2D eigenvalue weighted by Crippen LogP contribution is -2.02. The molecule has 0 bridgehead atoms. The molecule has 0 unspecified atom stereocenters. The van der Waals surface area contributed by atoms with Crippen LogP contribution in [0.2, 0.25) is 0 Å². The van der Waals surface area contributed by atoms with Gasteiger partial charge in [-0.05, 0) is 31.0 Å². The molecule has 0 atom stereocenters. The van der Waals surface area contributed by atoms with Crippen LogP contribution in [0.15, 0.2) is 35.1 Å². The lowest BCUT2D eigenvalue weighted by atomic mass is 10.3. The Kier molecular flexibility index (Phi) is 2.99. The molecule has 18 heavy (non-hydrogen) atoms. The summed E-state index contributed by atoms with van der Waals surface area (Å²) in [5, 5.41) is 3.33. The van der Waals surface area contributed by atoms with E-state index in [2.05, 4.69) is 30.8 Å². The molecule has 1 fully saturated rings. The van der Waals surface area contributed by atoms with Crippen molar-refractivity contribution >= 4 is 27.6 Å². The summed E-state index contributed by atoms with van der Waals surface area (Å²) >= 11 is 3.47. The zero-order chi connectivity index (χ0) is 12.5. The first-order valence-corrected chi connectivity index (χ1v) is 6.70. The summed E-state index contributed by atoms with van der Waals surface area (Å²) < 4.78 is 8.54. The molecule has 1 saturated carbocycles. The Morgan fingerprint density at radius 1 is 1.44 bits per heavy atom. The molecule has 4 nitrogen and oxygen atoms in total. The van der Waals surface area contributed by atoms with Crippen LogP contribution in [0.1, 0.15) is 18.9 Å². The van der Waals surface area contributed by atoms with E-state index in [0.29, 0.717) is 6.04 Å². The Hall–Kier alpha value is -1.49. The zero-order valence-corrected chi connectivity index (χ0v) is 11.6. The second-order valence-electron chi connectivity index (χ2n) is 4.36. The van der Waals surface area contributed by atoms with E-state index >= 15 is 0 Å². The average molecular weight is 308 g/mol. The second-order valence-corrected chi connectivity index (χ2v) is 5.27. The van der Waals surface area contributed by atoms with E-state index in [0.717, 1.165) is 21.9 Å². The van der Waals surface area contributed by atoms with Gasteiger partial charge in [0, 0.05) is 22.9 Å². The molecule has 0 radical (unpaired) electrons. The number of halogens is 1. The monoisotopic (exact) mass is 307 g/mol. The van der Waals surface area contributed by atoms with Crippen LogP contribution in [-0.4, -0.2) is 16.7 Å². The van der Waals surface area contributed by atoms with Crippen molar-refractivity contribution in [3.05, 3.63) is 35.1 Å². The van der Waals surface area contributed by atoms with Gasteiger partial charge in [-0.25, -0.2) is 4.98 Å². The predicted octanol–water partition coefficient (Wildman–Crippen LogP) is 3.73. The first-order valence-electron chi connectivity index (χ1n) is 5.91. The number of rotatable bonds is 4. The molecule has 0 spiro atoms. The number of nitrogens with zero attached hydrogens (tertiary/aromatic N) is 2. The Labute approximate surface area is 114 Å². The van der Waals surface area contributed by atoms with E-state index in [4.69, 9.17) is 4.74 Å². The van der Waals surface area contributed by atoms with Crippen molar-refractivity contribution in [2.75, 3.05) is 12.4 Å². The third-order valence-electron chi connectivity index (χ3n) is 3.02. The first kappa shape index (κ1) is 11.6. The van der Waals surface area contributed by atoms with Gasteiger partial charge in [-0.1, -0.05) is 15.9 Å². The SMILES string of the molecule is COc1ccc(Br)cc1Nc1nccn1C1CC1. The van der Waals surface area contributed by atoms with Gasteiger partial charge in [0.05, 0.1) is 12.8 Å². The quantitative estimate of drug-likeness (QED) is 0.935. The summed E-state index contributed by atoms with van der Waals surface area (Å²) in [4.78, 5) is 4.36. The minimum absolute atomic E-state index is 0.605. The summed E-state index contributed by atoms with van der Waals surface area (Å²) in [5.41, 5.74) is 0.917. The standard InChI is InChI=1S/C13H14BrN3O/c1-18-12-5-2-9(14)8-11(12)16-13-15-6-7-17(13)10-3-4-10/h2,5-8,10H,3-4H2,1H3,(H,15,16). The molecule has 3 rings (SSSR count). The fourth-order valence-corrected chi connectivity index (χ4v) is 2.32. The lowest BCUT2D eigenvalue weighted by Gasteiger charge is -2.12. The van der Waals surface area contributed by atoms with Crippen molar-refractivity contribution in [3.63, 3.8) is 0 Å². The van der Waals surface area contributed by atoms with Crippen LogP contribution in [0.25, 0.3) is 0 Å². The highest BCUT2D eigenvalue weighted by Crippen LogP contribution is 2.38. The Morgan fingerprint density at radius 2 is 2.28 bits per heavy atom. The summed E-state index contributed by atoms with van der Waals surface area (Å²) in [7, 11) is 1.67. The molecule has 1 aromatic heterocycles. The summed E-state index contributed by atoms with van der Waals surface area (Å²) in [6, 6.07) is 6.48. The van der Waals surface area contributed by atoms with E-state index in [-0.39, 0.29) is 0 Å². The maximum atomic E-state index is 5.34. The molecule has 0 aliphatic heterocycles. The highest BCUT2D eigenvalue weighted by molar-refractivity contribution is 9.10. The molecule has 2 aromatic rings. The predicted molar refractivity (Wildman–Crippen MR) is 74.5 cm³/mol. The van der Waals surface area contributed by atoms with Gasteiger partial charge in [-0.15, -0.1) is 0 Å². The largest absolute Gasteiger partial charge is 0.495 e. The van der Waals surface area contributed by atoms with Crippen LogP contribution in [0.5, 0.6) is 5.75 Å². The van der Waals surface area contributed by atoms with E-state index in [1.807, 2.05) is 30.6 Å². The molecule has 1 heterocycles. The summed E-state index contributed by atoms with van der Waals surface area (Å²) in [6.07, 6.45) is 6.32.